The smallest absolute Gasteiger partial charge is 0.469 e. The molecule has 6 heteroatoms. The zero-order chi connectivity index (χ0) is 14.6. The Balaban J connectivity index is 4.06. The summed E-state index contributed by atoms with van der Waals surface area (Å²) < 4.78 is 21.9. The van der Waals surface area contributed by atoms with Crippen LogP contribution in [-0.2, 0) is 22.8 Å². The first-order valence-electron chi connectivity index (χ1n) is 7.12. The summed E-state index contributed by atoms with van der Waals surface area (Å²) >= 11 is 0. The third kappa shape index (κ3) is 8.36. The summed E-state index contributed by atoms with van der Waals surface area (Å²) in [4.78, 5) is 11.0. The molecule has 0 aliphatic heterocycles. The van der Waals surface area contributed by atoms with E-state index in [1.165, 1.54) is 7.11 Å². The first-order chi connectivity index (χ1) is 9.14. The lowest BCUT2D eigenvalue weighted by molar-refractivity contribution is -0.140. The molecule has 0 saturated carbocycles. The van der Waals surface area contributed by atoms with Crippen LogP contribution in [0.5, 0.6) is 0 Å². The monoisotopic (exact) mass is 292 g/mol. The summed E-state index contributed by atoms with van der Waals surface area (Å²) in [6, 6.07) is 0.809. The van der Waals surface area contributed by atoms with Gasteiger partial charge in [0.2, 0.25) is 0 Å². The van der Waals surface area contributed by atoms with E-state index in [1.54, 1.807) is 0 Å². The molecular formula is C13H28O5Si. The predicted octanol–water partition coefficient (Wildman–Crippen LogP) is 2.77. The van der Waals surface area contributed by atoms with E-state index in [1.807, 2.05) is 20.8 Å². The molecule has 0 aliphatic rings. The highest BCUT2D eigenvalue weighted by Crippen LogP contribution is 2.20. The van der Waals surface area contributed by atoms with Gasteiger partial charge in [0.25, 0.3) is 0 Å². The van der Waals surface area contributed by atoms with Gasteiger partial charge in [0.1, 0.15) is 0 Å². The van der Waals surface area contributed by atoms with Crippen molar-refractivity contribution in [2.24, 2.45) is 0 Å². The number of unbranched alkanes of at least 4 members (excludes halogenated alkanes) is 2. The minimum absolute atomic E-state index is 0.150. The van der Waals surface area contributed by atoms with Gasteiger partial charge in [0, 0.05) is 32.3 Å². The number of esters is 1. The zero-order valence-electron chi connectivity index (χ0n) is 12.7. The fraction of sp³-hybridized carbons (Fsp3) is 0.923. The average molecular weight is 292 g/mol. The van der Waals surface area contributed by atoms with Crippen molar-refractivity contribution < 1.29 is 22.8 Å². The van der Waals surface area contributed by atoms with Gasteiger partial charge in [0.15, 0.2) is 0 Å². The van der Waals surface area contributed by atoms with Crippen molar-refractivity contribution in [1.82, 2.24) is 0 Å². The van der Waals surface area contributed by atoms with E-state index in [9.17, 15) is 4.79 Å². The minimum Gasteiger partial charge on any atom is -0.469 e. The molecule has 0 heterocycles. The van der Waals surface area contributed by atoms with Gasteiger partial charge in [-0.25, -0.2) is 0 Å². The summed E-state index contributed by atoms with van der Waals surface area (Å²) in [7, 11) is -1.08. The lowest BCUT2D eigenvalue weighted by Crippen LogP contribution is -2.45. The van der Waals surface area contributed by atoms with Crippen LogP contribution >= 0.6 is 0 Å². The Morgan fingerprint density at radius 3 is 1.84 bits per heavy atom. The maximum absolute atomic E-state index is 11.0. The van der Waals surface area contributed by atoms with Crippen LogP contribution in [0, 0.1) is 0 Å². The van der Waals surface area contributed by atoms with Crippen molar-refractivity contribution in [3.05, 3.63) is 0 Å². The number of carbonyl (C=O) groups excluding carboxylic acids is 1. The van der Waals surface area contributed by atoms with Gasteiger partial charge < -0.3 is 18.0 Å². The SMILES string of the molecule is CCO[Si](CCCCCC(=O)OC)(OCC)OCC. The average Bonchev–Trinajstić information content (AvgIpc) is 2.39. The van der Waals surface area contributed by atoms with Gasteiger partial charge in [-0.1, -0.05) is 6.42 Å². The van der Waals surface area contributed by atoms with Crippen molar-refractivity contribution in [2.45, 2.75) is 52.5 Å². The molecule has 0 aromatic heterocycles. The van der Waals surface area contributed by atoms with E-state index in [-0.39, 0.29) is 5.97 Å². The summed E-state index contributed by atoms with van der Waals surface area (Å²) in [5.74, 6) is -0.150. The molecule has 0 spiro atoms. The zero-order valence-corrected chi connectivity index (χ0v) is 13.7. The normalized spacial score (nSPS) is 11.6. The fourth-order valence-corrected chi connectivity index (χ4v) is 4.58. The van der Waals surface area contributed by atoms with Gasteiger partial charge in [-0.3, -0.25) is 4.79 Å². The third-order valence-corrected chi connectivity index (χ3v) is 5.84. The molecule has 0 N–H and O–H groups in total. The number of ether oxygens (including phenoxy) is 1. The molecule has 114 valence electrons. The van der Waals surface area contributed by atoms with E-state index < -0.39 is 8.80 Å². The van der Waals surface area contributed by atoms with Crippen molar-refractivity contribution in [1.29, 1.82) is 0 Å². The Morgan fingerprint density at radius 1 is 0.895 bits per heavy atom. The Hall–Kier alpha value is -0.433. The Labute approximate surface area is 117 Å². The van der Waals surface area contributed by atoms with Crippen LogP contribution in [0.1, 0.15) is 46.5 Å². The van der Waals surface area contributed by atoms with Crippen molar-refractivity contribution in [3.8, 4) is 0 Å². The largest absolute Gasteiger partial charge is 0.500 e. The Bertz CT molecular complexity index is 218. The first kappa shape index (κ1) is 18.6. The summed E-state index contributed by atoms with van der Waals surface area (Å²) in [5.41, 5.74) is 0. The summed E-state index contributed by atoms with van der Waals surface area (Å²) in [6.07, 6.45) is 3.21. The second kappa shape index (κ2) is 11.4. The molecule has 0 atom stereocenters. The third-order valence-electron chi connectivity index (χ3n) is 2.68. The van der Waals surface area contributed by atoms with Crippen LogP contribution < -0.4 is 0 Å². The number of methoxy groups -OCH3 is 1. The maximum atomic E-state index is 11.0. The molecule has 0 aromatic rings. The second-order valence-electron chi connectivity index (χ2n) is 4.12. The number of hydrogen-bond acceptors (Lipinski definition) is 5. The molecule has 0 amide bonds. The molecule has 0 saturated heterocycles. The summed E-state index contributed by atoms with van der Waals surface area (Å²) in [5, 5.41) is 0. The van der Waals surface area contributed by atoms with E-state index in [0.29, 0.717) is 26.2 Å². The van der Waals surface area contributed by atoms with Crippen LogP contribution in [-0.4, -0.2) is 41.7 Å². The number of carbonyl (C=O) groups is 1. The van der Waals surface area contributed by atoms with E-state index >= 15 is 0 Å². The van der Waals surface area contributed by atoms with Gasteiger partial charge in [-0.05, 0) is 33.6 Å². The first-order valence-corrected chi connectivity index (χ1v) is 9.06. The van der Waals surface area contributed by atoms with E-state index in [0.717, 1.165) is 25.3 Å². The highest BCUT2D eigenvalue weighted by Gasteiger charge is 2.39. The second-order valence-corrected chi connectivity index (χ2v) is 6.85. The number of rotatable bonds is 12. The fourth-order valence-electron chi connectivity index (χ4n) is 1.89. The van der Waals surface area contributed by atoms with Crippen molar-refractivity contribution in [2.75, 3.05) is 26.9 Å². The molecule has 5 nitrogen and oxygen atoms in total. The van der Waals surface area contributed by atoms with Crippen LogP contribution in [0.2, 0.25) is 6.04 Å². The quantitative estimate of drug-likeness (QED) is 0.314. The van der Waals surface area contributed by atoms with Gasteiger partial charge in [-0.15, -0.1) is 0 Å². The Kier molecular flexibility index (Phi) is 11.1. The molecule has 19 heavy (non-hydrogen) atoms. The predicted molar refractivity (Wildman–Crippen MR) is 75.9 cm³/mol. The van der Waals surface area contributed by atoms with Crippen LogP contribution in [0.4, 0.5) is 0 Å². The van der Waals surface area contributed by atoms with Crippen LogP contribution in [0.25, 0.3) is 0 Å². The van der Waals surface area contributed by atoms with Gasteiger partial charge in [-0.2, -0.15) is 0 Å². The molecule has 0 unspecified atom stereocenters. The Morgan fingerprint density at radius 2 is 1.42 bits per heavy atom. The molecule has 0 rings (SSSR count). The molecule has 0 aliphatic carbocycles. The standard InChI is InChI=1S/C13H28O5Si/c1-5-16-19(17-6-2,18-7-3)12-10-8-9-11-13(14)15-4/h5-12H2,1-4H3. The van der Waals surface area contributed by atoms with Crippen molar-refractivity contribution >= 4 is 14.8 Å². The topological polar surface area (TPSA) is 54.0 Å². The highest BCUT2D eigenvalue weighted by molar-refractivity contribution is 6.60. The molecule has 0 aromatic carbocycles. The highest BCUT2D eigenvalue weighted by atomic mass is 28.4. The van der Waals surface area contributed by atoms with Crippen molar-refractivity contribution in [3.63, 3.8) is 0 Å². The molecule has 0 radical (unpaired) electrons. The lowest BCUT2D eigenvalue weighted by atomic mass is 10.2. The van der Waals surface area contributed by atoms with E-state index in [2.05, 4.69) is 4.74 Å². The molecular weight excluding hydrogens is 264 g/mol. The van der Waals surface area contributed by atoms with E-state index in [4.69, 9.17) is 13.3 Å². The lowest BCUT2D eigenvalue weighted by Gasteiger charge is -2.28. The molecule has 0 fully saturated rings. The molecule has 0 bridgehead atoms. The van der Waals surface area contributed by atoms with Crippen LogP contribution in [0.15, 0.2) is 0 Å². The van der Waals surface area contributed by atoms with Gasteiger partial charge in [0.05, 0.1) is 7.11 Å². The van der Waals surface area contributed by atoms with Crippen LogP contribution in [0.3, 0.4) is 0 Å². The minimum atomic E-state index is -2.50. The maximum Gasteiger partial charge on any atom is 0.500 e. The number of hydrogen-bond donors (Lipinski definition) is 0. The van der Waals surface area contributed by atoms with Gasteiger partial charge >= 0.3 is 14.8 Å². The summed E-state index contributed by atoms with van der Waals surface area (Å²) in [6.45, 7) is 7.68.